The topological polar surface area (TPSA) is 96.9 Å². The quantitative estimate of drug-likeness (QED) is 0.884. The van der Waals surface area contributed by atoms with E-state index in [1.807, 2.05) is 0 Å². The first-order chi connectivity index (χ1) is 11.4. The van der Waals surface area contributed by atoms with Crippen LogP contribution >= 0.6 is 0 Å². The van der Waals surface area contributed by atoms with Gasteiger partial charge in [0.1, 0.15) is 11.8 Å². The number of halogens is 3. The minimum Gasteiger partial charge on any atom is -0.366 e. The SMILES string of the molecule is O=C(Cc1cccc(C(F)(F)F)n1)N1CCOC(c2nn[nH]n2)C1. The molecule has 128 valence electrons. The molecule has 2 aromatic heterocycles. The number of alkyl halides is 3. The zero-order chi connectivity index (χ0) is 17.2. The highest BCUT2D eigenvalue weighted by Gasteiger charge is 2.33. The molecule has 1 N–H and O–H groups in total. The average Bonchev–Trinajstić information content (AvgIpc) is 3.09. The summed E-state index contributed by atoms with van der Waals surface area (Å²) in [5.74, 6) is -0.0108. The van der Waals surface area contributed by atoms with Crippen LogP contribution in [0.1, 0.15) is 23.3 Å². The maximum absolute atomic E-state index is 12.7. The van der Waals surface area contributed by atoms with Gasteiger partial charge in [-0.15, -0.1) is 10.2 Å². The van der Waals surface area contributed by atoms with Crippen LogP contribution in [0.2, 0.25) is 0 Å². The molecular formula is C13H13F3N6O2. The molecule has 1 saturated heterocycles. The summed E-state index contributed by atoms with van der Waals surface area (Å²) in [6.07, 6.45) is -5.28. The predicted octanol–water partition coefficient (Wildman–Crippen LogP) is 0.756. The van der Waals surface area contributed by atoms with Gasteiger partial charge in [0, 0.05) is 6.54 Å². The average molecular weight is 342 g/mol. The van der Waals surface area contributed by atoms with E-state index in [1.165, 1.54) is 17.0 Å². The van der Waals surface area contributed by atoms with Crippen molar-refractivity contribution in [3.05, 3.63) is 35.4 Å². The lowest BCUT2D eigenvalue weighted by molar-refractivity contribution is -0.142. The summed E-state index contributed by atoms with van der Waals surface area (Å²) in [5.41, 5.74) is -0.947. The first-order valence-electron chi connectivity index (χ1n) is 7.09. The molecule has 2 aromatic rings. The molecule has 1 aliphatic rings. The van der Waals surface area contributed by atoms with E-state index >= 15 is 0 Å². The maximum atomic E-state index is 12.7. The first-order valence-corrected chi connectivity index (χ1v) is 7.09. The van der Waals surface area contributed by atoms with E-state index < -0.39 is 18.0 Å². The lowest BCUT2D eigenvalue weighted by atomic mass is 10.2. The Hall–Kier alpha value is -2.56. The molecule has 0 saturated carbocycles. The number of hydrogen-bond donors (Lipinski definition) is 1. The molecule has 1 atom stereocenters. The Kier molecular flexibility index (Phi) is 4.42. The molecule has 8 nitrogen and oxygen atoms in total. The van der Waals surface area contributed by atoms with Crippen molar-refractivity contribution >= 4 is 5.91 Å². The molecule has 0 spiro atoms. The second kappa shape index (κ2) is 6.51. The van der Waals surface area contributed by atoms with Crippen LogP contribution in [0, 0.1) is 0 Å². The van der Waals surface area contributed by atoms with Gasteiger partial charge < -0.3 is 9.64 Å². The number of carbonyl (C=O) groups excluding carboxylic acids is 1. The molecule has 1 fully saturated rings. The van der Waals surface area contributed by atoms with Gasteiger partial charge >= 0.3 is 6.18 Å². The third-order valence-electron chi connectivity index (χ3n) is 3.50. The Balaban J connectivity index is 1.66. The van der Waals surface area contributed by atoms with Gasteiger partial charge in [-0.2, -0.15) is 18.4 Å². The monoisotopic (exact) mass is 342 g/mol. The smallest absolute Gasteiger partial charge is 0.366 e. The van der Waals surface area contributed by atoms with E-state index in [4.69, 9.17) is 4.74 Å². The summed E-state index contributed by atoms with van der Waals surface area (Å²) in [6, 6.07) is 3.50. The van der Waals surface area contributed by atoms with Crippen molar-refractivity contribution in [1.82, 2.24) is 30.5 Å². The predicted molar refractivity (Wildman–Crippen MR) is 72.4 cm³/mol. The zero-order valence-electron chi connectivity index (χ0n) is 12.3. The van der Waals surface area contributed by atoms with Crippen LogP contribution in [-0.2, 0) is 22.1 Å². The van der Waals surface area contributed by atoms with Gasteiger partial charge in [-0.1, -0.05) is 11.3 Å². The maximum Gasteiger partial charge on any atom is 0.433 e. The van der Waals surface area contributed by atoms with Crippen molar-refractivity contribution in [3.8, 4) is 0 Å². The Labute approximate surface area is 134 Å². The van der Waals surface area contributed by atoms with Crippen molar-refractivity contribution in [2.24, 2.45) is 0 Å². The van der Waals surface area contributed by atoms with Crippen LogP contribution in [0.4, 0.5) is 13.2 Å². The fraction of sp³-hybridized carbons (Fsp3) is 0.462. The second-order valence-corrected chi connectivity index (χ2v) is 5.16. The van der Waals surface area contributed by atoms with Crippen molar-refractivity contribution < 1.29 is 22.7 Å². The molecule has 0 aliphatic carbocycles. The van der Waals surface area contributed by atoms with Crippen LogP contribution in [0.15, 0.2) is 18.2 Å². The van der Waals surface area contributed by atoms with Crippen molar-refractivity contribution in [2.75, 3.05) is 19.7 Å². The molecule has 11 heteroatoms. The minimum absolute atomic E-state index is 0.0671. The first kappa shape index (κ1) is 16.3. The zero-order valence-corrected chi connectivity index (χ0v) is 12.3. The number of nitrogens with zero attached hydrogens (tertiary/aromatic N) is 5. The van der Waals surface area contributed by atoms with Crippen molar-refractivity contribution in [3.63, 3.8) is 0 Å². The molecule has 1 amide bonds. The number of carbonyl (C=O) groups is 1. The molecule has 3 heterocycles. The lowest BCUT2D eigenvalue weighted by Crippen LogP contribution is -2.43. The van der Waals surface area contributed by atoms with Crippen LogP contribution < -0.4 is 0 Å². The number of aromatic amines is 1. The number of rotatable bonds is 3. The van der Waals surface area contributed by atoms with Gasteiger partial charge in [-0.25, -0.2) is 4.98 Å². The van der Waals surface area contributed by atoms with Gasteiger partial charge in [0.15, 0.2) is 0 Å². The number of hydrogen-bond acceptors (Lipinski definition) is 6. The van der Waals surface area contributed by atoms with Crippen molar-refractivity contribution in [2.45, 2.75) is 18.7 Å². The number of H-pyrrole nitrogens is 1. The van der Waals surface area contributed by atoms with Crippen LogP contribution in [0.25, 0.3) is 0 Å². The molecule has 3 rings (SSSR count). The molecule has 0 bridgehead atoms. The molecule has 1 aliphatic heterocycles. The Bertz CT molecular complexity index is 706. The summed E-state index contributed by atoms with van der Waals surface area (Å²) < 4.78 is 43.5. The normalized spacial score (nSPS) is 18.6. The van der Waals surface area contributed by atoms with Gasteiger partial charge in [0.25, 0.3) is 0 Å². The van der Waals surface area contributed by atoms with E-state index in [9.17, 15) is 18.0 Å². The van der Waals surface area contributed by atoms with Gasteiger partial charge in [0.2, 0.25) is 11.7 Å². The largest absolute Gasteiger partial charge is 0.433 e. The van der Waals surface area contributed by atoms with E-state index in [-0.39, 0.29) is 31.2 Å². The molecule has 0 radical (unpaired) electrons. The molecule has 1 unspecified atom stereocenters. The highest BCUT2D eigenvalue weighted by atomic mass is 19.4. The fourth-order valence-corrected chi connectivity index (χ4v) is 2.34. The van der Waals surface area contributed by atoms with E-state index in [0.717, 1.165) is 6.07 Å². The minimum atomic E-state index is -4.54. The Morgan fingerprint density at radius 1 is 1.42 bits per heavy atom. The summed E-state index contributed by atoms with van der Waals surface area (Å²) in [5, 5.41) is 13.3. The highest BCUT2D eigenvalue weighted by Crippen LogP contribution is 2.27. The highest BCUT2D eigenvalue weighted by molar-refractivity contribution is 5.78. The summed E-state index contributed by atoms with van der Waals surface area (Å²) >= 11 is 0. The number of amides is 1. The standard InChI is InChI=1S/C13H13F3N6O2/c14-13(15,16)10-3-1-2-8(17-10)6-11(23)22-4-5-24-9(7-22)12-18-20-21-19-12/h1-3,9H,4-7H2,(H,18,19,20,21). The van der Waals surface area contributed by atoms with Crippen LogP contribution in [0.3, 0.4) is 0 Å². The number of pyridine rings is 1. The van der Waals surface area contributed by atoms with E-state index in [2.05, 4.69) is 25.6 Å². The van der Waals surface area contributed by atoms with Crippen molar-refractivity contribution in [1.29, 1.82) is 0 Å². The van der Waals surface area contributed by atoms with E-state index in [0.29, 0.717) is 12.4 Å². The molecule has 24 heavy (non-hydrogen) atoms. The van der Waals surface area contributed by atoms with Gasteiger partial charge in [-0.05, 0) is 12.1 Å². The summed E-state index contributed by atoms with van der Waals surface area (Å²) in [6.45, 7) is 0.824. The van der Waals surface area contributed by atoms with E-state index in [1.54, 1.807) is 0 Å². The third kappa shape index (κ3) is 3.67. The lowest BCUT2D eigenvalue weighted by Gasteiger charge is -2.31. The number of morpholine rings is 1. The summed E-state index contributed by atoms with van der Waals surface area (Å²) in [4.78, 5) is 17.3. The Morgan fingerprint density at radius 2 is 2.25 bits per heavy atom. The summed E-state index contributed by atoms with van der Waals surface area (Å²) in [7, 11) is 0. The molecule has 0 aromatic carbocycles. The number of ether oxygens (including phenoxy) is 1. The number of nitrogens with one attached hydrogen (secondary N) is 1. The van der Waals surface area contributed by atoms with Crippen LogP contribution in [-0.4, -0.2) is 56.1 Å². The molecular weight excluding hydrogens is 329 g/mol. The fourth-order valence-electron chi connectivity index (χ4n) is 2.34. The van der Waals surface area contributed by atoms with Crippen LogP contribution in [0.5, 0.6) is 0 Å². The number of aromatic nitrogens is 5. The number of tetrazole rings is 1. The van der Waals surface area contributed by atoms with Gasteiger partial charge in [-0.3, -0.25) is 4.79 Å². The second-order valence-electron chi connectivity index (χ2n) is 5.16. The van der Waals surface area contributed by atoms with Gasteiger partial charge in [0.05, 0.1) is 25.3 Å². The Morgan fingerprint density at radius 3 is 2.96 bits per heavy atom. The third-order valence-corrected chi connectivity index (χ3v) is 3.50.